The molecule has 0 radical (unpaired) electrons. The monoisotopic (exact) mass is 337 g/mol. The van der Waals surface area contributed by atoms with Crippen molar-refractivity contribution in [3.63, 3.8) is 0 Å². The second-order valence-corrected chi connectivity index (χ2v) is 7.35. The molecule has 1 unspecified atom stereocenters. The number of hydrogen-bond donors (Lipinski definition) is 1. The number of aryl methyl sites for hydroxylation is 1. The van der Waals surface area contributed by atoms with E-state index in [1.54, 1.807) is 13.1 Å². The quantitative estimate of drug-likeness (QED) is 0.869. The van der Waals surface area contributed by atoms with Crippen LogP contribution in [-0.4, -0.2) is 19.8 Å². The highest BCUT2D eigenvalue weighted by atomic mass is 35.5. The highest BCUT2D eigenvalue weighted by Gasteiger charge is 2.67. The Balaban J connectivity index is 1.77. The zero-order valence-corrected chi connectivity index (χ0v) is 13.9. The summed E-state index contributed by atoms with van der Waals surface area (Å²) in [6.07, 6.45) is 4.14. The summed E-state index contributed by atoms with van der Waals surface area (Å²) in [6, 6.07) is 7.90. The Labute approximate surface area is 139 Å². The van der Waals surface area contributed by atoms with Crippen LogP contribution in [0.5, 0.6) is 0 Å². The zero-order chi connectivity index (χ0) is 16.0. The Bertz CT molecular complexity index is 726. The molecule has 1 aliphatic carbocycles. The fourth-order valence-electron chi connectivity index (χ4n) is 2.54. The molecule has 6 heteroatoms. The van der Waals surface area contributed by atoms with E-state index in [1.165, 1.54) is 0 Å². The Kier molecular flexibility index (Phi) is 3.69. The van der Waals surface area contributed by atoms with Gasteiger partial charge >= 0.3 is 0 Å². The van der Waals surface area contributed by atoms with Crippen LogP contribution >= 0.6 is 23.2 Å². The molecule has 1 heterocycles. The van der Waals surface area contributed by atoms with E-state index in [2.05, 4.69) is 10.3 Å². The van der Waals surface area contributed by atoms with Gasteiger partial charge in [0.15, 0.2) is 0 Å². The van der Waals surface area contributed by atoms with E-state index < -0.39 is 9.75 Å². The number of aromatic nitrogens is 2. The van der Waals surface area contributed by atoms with E-state index in [4.69, 9.17) is 23.2 Å². The van der Waals surface area contributed by atoms with Crippen molar-refractivity contribution >= 4 is 29.1 Å². The van der Waals surface area contributed by atoms with Crippen LogP contribution < -0.4 is 5.32 Å². The lowest BCUT2D eigenvalue weighted by Gasteiger charge is -2.15. The van der Waals surface area contributed by atoms with E-state index in [1.807, 2.05) is 42.0 Å². The number of nitrogens with zero attached hydrogens (tertiary/aromatic N) is 2. The van der Waals surface area contributed by atoms with Crippen LogP contribution in [0.1, 0.15) is 24.7 Å². The number of amides is 1. The second-order valence-electron chi connectivity index (χ2n) is 5.87. The molecule has 1 aromatic carbocycles. The van der Waals surface area contributed by atoms with Gasteiger partial charge in [-0.1, -0.05) is 18.2 Å². The summed E-state index contributed by atoms with van der Waals surface area (Å²) in [5, 5.41) is 2.94. The topological polar surface area (TPSA) is 46.9 Å². The van der Waals surface area contributed by atoms with E-state index in [0.717, 1.165) is 17.1 Å². The molecule has 1 aliphatic rings. The third-order valence-corrected chi connectivity index (χ3v) is 5.38. The largest absolute Gasteiger partial charge is 0.351 e. The average Bonchev–Trinajstić information content (AvgIpc) is 2.82. The molecule has 1 amide bonds. The summed E-state index contributed by atoms with van der Waals surface area (Å²) in [6.45, 7) is 4.15. The van der Waals surface area contributed by atoms with Crippen LogP contribution in [0, 0.1) is 12.3 Å². The van der Waals surface area contributed by atoms with Gasteiger partial charge in [0.25, 0.3) is 0 Å². The fraction of sp³-hybridized carbons (Fsp3) is 0.375. The molecule has 1 N–H and O–H groups in total. The summed E-state index contributed by atoms with van der Waals surface area (Å²) in [5.41, 5.74) is 1.31. The molecule has 2 aromatic rings. The van der Waals surface area contributed by atoms with Crippen molar-refractivity contribution in [3.05, 3.63) is 48.0 Å². The van der Waals surface area contributed by atoms with Gasteiger partial charge in [0.1, 0.15) is 10.2 Å². The van der Waals surface area contributed by atoms with Crippen molar-refractivity contribution in [1.82, 2.24) is 14.9 Å². The van der Waals surface area contributed by atoms with Crippen LogP contribution in [0.3, 0.4) is 0 Å². The molecule has 1 fully saturated rings. The second kappa shape index (κ2) is 5.28. The highest BCUT2D eigenvalue weighted by Crippen LogP contribution is 2.63. The number of hydrogen-bond acceptors (Lipinski definition) is 2. The van der Waals surface area contributed by atoms with Crippen LogP contribution in [0.2, 0.25) is 0 Å². The predicted octanol–water partition coefficient (Wildman–Crippen LogP) is 3.38. The van der Waals surface area contributed by atoms with Crippen molar-refractivity contribution in [1.29, 1.82) is 0 Å². The van der Waals surface area contributed by atoms with Gasteiger partial charge in [0.05, 0.1) is 11.1 Å². The SMILES string of the molecule is Cc1nccn1-c1ccccc1CNC(=O)C1(C)CC1(Cl)Cl. The van der Waals surface area contributed by atoms with Crippen LogP contribution in [-0.2, 0) is 11.3 Å². The van der Waals surface area contributed by atoms with Crippen molar-refractivity contribution < 1.29 is 4.79 Å². The van der Waals surface area contributed by atoms with Crippen molar-refractivity contribution in [2.24, 2.45) is 5.41 Å². The first-order chi connectivity index (χ1) is 10.3. The first kappa shape index (κ1) is 15.4. The van der Waals surface area contributed by atoms with Crippen molar-refractivity contribution in [3.8, 4) is 5.69 Å². The Morgan fingerprint density at radius 1 is 1.41 bits per heavy atom. The lowest BCUT2D eigenvalue weighted by Crippen LogP contribution is -2.33. The predicted molar refractivity (Wildman–Crippen MR) is 87.3 cm³/mol. The van der Waals surface area contributed by atoms with Gasteiger partial charge in [-0.05, 0) is 31.9 Å². The first-order valence-electron chi connectivity index (χ1n) is 7.09. The third-order valence-electron chi connectivity index (χ3n) is 4.28. The van der Waals surface area contributed by atoms with Gasteiger partial charge in [-0.15, -0.1) is 23.2 Å². The summed E-state index contributed by atoms with van der Waals surface area (Å²) >= 11 is 12.1. The number of halogens is 2. The van der Waals surface area contributed by atoms with Gasteiger partial charge in [0, 0.05) is 18.9 Å². The number of rotatable bonds is 4. The minimum atomic E-state index is -0.947. The molecule has 1 aromatic heterocycles. The maximum atomic E-state index is 12.3. The van der Waals surface area contributed by atoms with E-state index >= 15 is 0 Å². The third kappa shape index (κ3) is 2.50. The zero-order valence-electron chi connectivity index (χ0n) is 12.4. The molecule has 0 saturated heterocycles. The Hall–Kier alpha value is -1.52. The van der Waals surface area contributed by atoms with Gasteiger partial charge in [0.2, 0.25) is 5.91 Å². The molecule has 3 rings (SSSR count). The lowest BCUT2D eigenvalue weighted by molar-refractivity contribution is -0.125. The maximum Gasteiger partial charge on any atom is 0.229 e. The van der Waals surface area contributed by atoms with Crippen LogP contribution in [0.25, 0.3) is 5.69 Å². The molecular weight excluding hydrogens is 321 g/mol. The fourth-order valence-corrected chi connectivity index (χ4v) is 3.25. The number of imidazole rings is 1. The number of alkyl halides is 2. The maximum absolute atomic E-state index is 12.3. The number of nitrogens with one attached hydrogen (secondary N) is 1. The molecule has 0 spiro atoms. The molecular formula is C16H17Cl2N3O. The minimum absolute atomic E-state index is 0.116. The summed E-state index contributed by atoms with van der Waals surface area (Å²) < 4.78 is 1.05. The summed E-state index contributed by atoms with van der Waals surface area (Å²) in [4.78, 5) is 16.5. The van der Waals surface area contributed by atoms with Gasteiger partial charge in [-0.3, -0.25) is 4.79 Å². The van der Waals surface area contributed by atoms with Crippen molar-refractivity contribution in [2.75, 3.05) is 0 Å². The van der Waals surface area contributed by atoms with E-state index in [0.29, 0.717) is 13.0 Å². The number of carbonyl (C=O) groups excluding carboxylic acids is 1. The molecule has 1 saturated carbocycles. The average molecular weight is 338 g/mol. The van der Waals surface area contributed by atoms with Crippen LogP contribution in [0.15, 0.2) is 36.7 Å². The van der Waals surface area contributed by atoms with E-state index in [9.17, 15) is 4.79 Å². The van der Waals surface area contributed by atoms with Crippen LogP contribution in [0.4, 0.5) is 0 Å². The standard InChI is InChI=1S/C16H17Cl2N3O/c1-11-19-7-8-21(11)13-6-4-3-5-12(13)9-20-14(22)15(2)10-16(15,17)18/h3-8H,9-10H2,1-2H3,(H,20,22). The minimum Gasteiger partial charge on any atom is -0.351 e. The van der Waals surface area contributed by atoms with Gasteiger partial charge in [-0.2, -0.15) is 0 Å². The highest BCUT2D eigenvalue weighted by molar-refractivity contribution is 6.53. The van der Waals surface area contributed by atoms with Gasteiger partial charge in [-0.25, -0.2) is 4.98 Å². The molecule has 116 valence electrons. The number of carbonyl (C=O) groups is 1. The first-order valence-corrected chi connectivity index (χ1v) is 7.85. The summed E-state index contributed by atoms with van der Waals surface area (Å²) in [5.74, 6) is 0.781. The normalized spacial score (nSPS) is 22.4. The number of benzene rings is 1. The van der Waals surface area contributed by atoms with Gasteiger partial charge < -0.3 is 9.88 Å². The van der Waals surface area contributed by atoms with E-state index in [-0.39, 0.29) is 5.91 Å². The Morgan fingerprint density at radius 2 is 2.09 bits per heavy atom. The number of para-hydroxylation sites is 1. The lowest BCUT2D eigenvalue weighted by atomic mass is 10.1. The molecule has 0 bridgehead atoms. The van der Waals surface area contributed by atoms with Crippen molar-refractivity contribution in [2.45, 2.75) is 31.1 Å². The smallest absolute Gasteiger partial charge is 0.229 e. The molecule has 22 heavy (non-hydrogen) atoms. The molecule has 1 atom stereocenters. The Morgan fingerprint density at radius 3 is 2.68 bits per heavy atom. The summed E-state index contributed by atoms with van der Waals surface area (Å²) in [7, 11) is 0. The molecule has 0 aliphatic heterocycles. The molecule has 4 nitrogen and oxygen atoms in total.